The average molecular weight is 187 g/mol. The molecule has 0 spiro atoms. The highest BCUT2D eigenvalue weighted by molar-refractivity contribution is 7.98. The molecule has 1 aromatic heterocycles. The number of H-pyrrole nitrogens is 1. The summed E-state index contributed by atoms with van der Waals surface area (Å²) in [7, 11) is 2.02. The molecule has 0 fully saturated rings. The van der Waals surface area contributed by atoms with E-state index >= 15 is 0 Å². The second-order valence-corrected chi connectivity index (χ2v) is 2.65. The van der Waals surface area contributed by atoms with Gasteiger partial charge >= 0.3 is 5.16 Å². The summed E-state index contributed by atoms with van der Waals surface area (Å²) in [5.74, 6) is 0. The van der Waals surface area contributed by atoms with Gasteiger partial charge in [0.1, 0.15) is 12.4 Å². The van der Waals surface area contributed by atoms with E-state index in [0.717, 1.165) is 0 Å². The molecular weight excluding hydrogens is 178 g/mol. The SMILES string of the molecule is CSc1[nH]cc[n+]1C.[N-]=C=S. The van der Waals surface area contributed by atoms with Crippen molar-refractivity contribution in [2.24, 2.45) is 7.05 Å². The molecule has 1 rings (SSSR count). The Hall–Kier alpha value is -0.640. The maximum absolute atomic E-state index is 7.13. The second kappa shape index (κ2) is 6.09. The molecule has 0 atom stereocenters. The van der Waals surface area contributed by atoms with Crippen LogP contribution in [0.4, 0.5) is 0 Å². The summed E-state index contributed by atoms with van der Waals surface area (Å²) in [6.07, 6.45) is 5.96. The number of aryl methyl sites for hydroxylation is 1. The Labute approximate surface area is 75.3 Å². The van der Waals surface area contributed by atoms with Gasteiger partial charge in [-0.3, -0.25) is 0 Å². The minimum absolute atomic E-state index is 1.19. The Bertz CT molecular complexity index is 238. The van der Waals surface area contributed by atoms with E-state index in [0.29, 0.717) is 0 Å². The zero-order valence-electron chi connectivity index (χ0n) is 6.37. The fraction of sp³-hybridized carbons (Fsp3) is 0.333. The molecule has 0 amide bonds. The standard InChI is InChI=1S/C5H8N2S.CNS/c1-7-4-3-6-5(7)8-2;2-1-3/h3-4H,1-2H3;/q;-1/p+1. The summed E-state index contributed by atoms with van der Waals surface area (Å²) in [6, 6.07) is 0. The van der Waals surface area contributed by atoms with Gasteiger partial charge in [-0.05, 0) is 18.0 Å². The zero-order valence-corrected chi connectivity index (χ0v) is 8.00. The van der Waals surface area contributed by atoms with Crippen molar-refractivity contribution in [3.05, 3.63) is 17.8 Å². The summed E-state index contributed by atoms with van der Waals surface area (Å²) >= 11 is 5.41. The number of thiocarbonyl (C=S) groups is 1. The fourth-order valence-corrected chi connectivity index (χ4v) is 1.13. The van der Waals surface area contributed by atoms with Crippen LogP contribution < -0.4 is 4.57 Å². The van der Waals surface area contributed by atoms with Crippen molar-refractivity contribution in [3.63, 3.8) is 0 Å². The summed E-state index contributed by atoms with van der Waals surface area (Å²) in [5.41, 5.74) is 0. The third kappa shape index (κ3) is 3.93. The normalized spacial score (nSPS) is 7.82. The number of aromatic nitrogens is 2. The quantitative estimate of drug-likeness (QED) is 0.311. The summed E-state index contributed by atoms with van der Waals surface area (Å²) in [6.45, 7) is 0. The first kappa shape index (κ1) is 10.4. The molecule has 0 radical (unpaired) electrons. The Morgan fingerprint density at radius 2 is 2.36 bits per heavy atom. The Morgan fingerprint density at radius 3 is 2.55 bits per heavy atom. The van der Waals surface area contributed by atoms with E-state index in [1.54, 1.807) is 11.8 Å². The van der Waals surface area contributed by atoms with Gasteiger partial charge in [0.2, 0.25) is 0 Å². The van der Waals surface area contributed by atoms with Crippen molar-refractivity contribution in [2.75, 3.05) is 6.26 Å². The van der Waals surface area contributed by atoms with Crippen LogP contribution in [0.2, 0.25) is 0 Å². The Balaban J connectivity index is 0.000000292. The Morgan fingerprint density at radius 1 is 1.82 bits per heavy atom. The maximum atomic E-state index is 7.13. The number of imidazole rings is 1. The predicted octanol–water partition coefficient (Wildman–Crippen LogP) is 1.22. The third-order valence-corrected chi connectivity index (χ3v) is 1.81. The molecule has 0 bridgehead atoms. The van der Waals surface area contributed by atoms with Crippen LogP contribution in [0.15, 0.2) is 17.6 Å². The van der Waals surface area contributed by atoms with Crippen molar-refractivity contribution < 1.29 is 4.57 Å². The van der Waals surface area contributed by atoms with Crippen molar-refractivity contribution in [3.8, 4) is 0 Å². The van der Waals surface area contributed by atoms with Crippen LogP contribution in [0.1, 0.15) is 0 Å². The number of nitrogens with one attached hydrogen (secondary N) is 1. The van der Waals surface area contributed by atoms with Crippen LogP contribution >= 0.6 is 24.0 Å². The van der Waals surface area contributed by atoms with Crippen molar-refractivity contribution in [1.29, 1.82) is 0 Å². The van der Waals surface area contributed by atoms with E-state index in [2.05, 4.69) is 17.2 Å². The van der Waals surface area contributed by atoms with Crippen molar-refractivity contribution in [1.82, 2.24) is 4.98 Å². The van der Waals surface area contributed by atoms with Crippen LogP contribution in [0, 0.1) is 0 Å². The number of thioether (sulfide) groups is 1. The van der Waals surface area contributed by atoms with Crippen LogP contribution in [0.25, 0.3) is 5.41 Å². The minimum Gasteiger partial charge on any atom is -0.753 e. The first-order valence-electron chi connectivity index (χ1n) is 2.84. The van der Waals surface area contributed by atoms with Gasteiger partial charge in [-0.15, -0.1) is 0 Å². The molecule has 0 saturated carbocycles. The van der Waals surface area contributed by atoms with Crippen LogP contribution in [-0.2, 0) is 7.05 Å². The van der Waals surface area contributed by atoms with Gasteiger partial charge in [0, 0.05) is 0 Å². The number of aromatic amines is 1. The molecule has 1 heterocycles. The molecule has 0 unspecified atom stereocenters. The molecule has 1 N–H and O–H groups in total. The maximum Gasteiger partial charge on any atom is 0.315 e. The van der Waals surface area contributed by atoms with Gasteiger partial charge in [-0.25, -0.2) is 9.55 Å². The van der Waals surface area contributed by atoms with Gasteiger partial charge < -0.3 is 5.41 Å². The van der Waals surface area contributed by atoms with Gasteiger partial charge in [-0.2, -0.15) is 5.16 Å². The minimum atomic E-state index is 1.19. The molecule has 0 aliphatic rings. The lowest BCUT2D eigenvalue weighted by Crippen LogP contribution is -2.26. The molecule has 0 saturated heterocycles. The molecular formula is C6H9N3S2. The van der Waals surface area contributed by atoms with Crippen LogP contribution in [0.3, 0.4) is 0 Å². The van der Waals surface area contributed by atoms with Crippen LogP contribution in [0.5, 0.6) is 0 Å². The summed E-state index contributed by atoms with van der Waals surface area (Å²) in [4.78, 5) is 3.08. The van der Waals surface area contributed by atoms with Crippen LogP contribution in [-0.4, -0.2) is 16.4 Å². The lowest BCUT2D eigenvalue weighted by molar-refractivity contribution is -0.707. The van der Waals surface area contributed by atoms with E-state index in [1.165, 1.54) is 10.3 Å². The smallest absolute Gasteiger partial charge is 0.315 e. The van der Waals surface area contributed by atoms with Gasteiger partial charge in [0.15, 0.2) is 0 Å². The fourth-order valence-electron chi connectivity index (χ4n) is 0.593. The van der Waals surface area contributed by atoms with Gasteiger partial charge in [0.05, 0.1) is 7.05 Å². The first-order chi connectivity index (χ1) is 5.26. The number of hydrogen-bond donors (Lipinski definition) is 1. The van der Waals surface area contributed by atoms with E-state index in [9.17, 15) is 0 Å². The number of rotatable bonds is 1. The summed E-state index contributed by atoms with van der Waals surface area (Å²) in [5, 5.41) is 9.65. The highest BCUT2D eigenvalue weighted by Crippen LogP contribution is 2.01. The third-order valence-electron chi connectivity index (χ3n) is 1.02. The molecule has 60 valence electrons. The van der Waals surface area contributed by atoms with Crippen molar-refractivity contribution in [2.45, 2.75) is 5.16 Å². The lowest BCUT2D eigenvalue weighted by atomic mass is 10.9. The lowest BCUT2D eigenvalue weighted by Gasteiger charge is -1.82. The zero-order chi connectivity index (χ0) is 8.69. The largest absolute Gasteiger partial charge is 0.753 e. The number of hydrogen-bond acceptors (Lipinski definition) is 2. The van der Waals surface area contributed by atoms with Gasteiger partial charge in [0.25, 0.3) is 0 Å². The monoisotopic (exact) mass is 187 g/mol. The molecule has 0 aliphatic carbocycles. The molecule has 5 heteroatoms. The van der Waals surface area contributed by atoms with E-state index in [4.69, 9.17) is 5.41 Å². The van der Waals surface area contributed by atoms with Crippen molar-refractivity contribution >= 4 is 29.1 Å². The van der Waals surface area contributed by atoms with E-state index in [-0.39, 0.29) is 0 Å². The first-order valence-corrected chi connectivity index (χ1v) is 4.47. The highest BCUT2D eigenvalue weighted by Gasteiger charge is 2.00. The average Bonchev–Trinajstić information content (AvgIpc) is 2.36. The number of nitrogens with zero attached hydrogens (tertiary/aromatic N) is 2. The Kier molecular flexibility index (Phi) is 5.74. The molecule has 0 aliphatic heterocycles. The van der Waals surface area contributed by atoms with E-state index < -0.39 is 0 Å². The molecule has 11 heavy (non-hydrogen) atoms. The predicted molar refractivity (Wildman–Crippen MR) is 49.7 cm³/mol. The summed E-state index contributed by atoms with van der Waals surface area (Å²) < 4.78 is 2.05. The second-order valence-electron chi connectivity index (χ2n) is 1.67. The molecule has 3 nitrogen and oxygen atoms in total. The van der Waals surface area contributed by atoms with E-state index in [1.807, 2.05) is 30.3 Å². The topological polar surface area (TPSA) is 42.0 Å². The van der Waals surface area contributed by atoms with Gasteiger partial charge in [-0.1, -0.05) is 12.2 Å². The molecule has 1 aromatic rings. The highest BCUT2D eigenvalue weighted by atomic mass is 32.2. The molecule has 0 aromatic carbocycles. The number of isothiocyanates is 1.